The maximum atomic E-state index is 14.2. The number of sulfonamides is 1. The standard InChI is InChI=1S/C22H22F7NO2S/c1-20(30-33(31,32)18-8-6-17(23)7-9-18)12-10-15(11-13-20)14-2-4-16(5-3-14)21(26,19(24)25)22(27,28)29/h2-9,15,19,30H,10-13H2,1H3. The van der Waals surface area contributed by atoms with Crippen molar-refractivity contribution in [1.29, 1.82) is 0 Å². The van der Waals surface area contributed by atoms with Crippen LogP contribution in [0.15, 0.2) is 53.4 Å². The van der Waals surface area contributed by atoms with Crippen molar-refractivity contribution in [2.24, 2.45) is 0 Å². The second kappa shape index (κ2) is 8.90. The fourth-order valence-electron chi connectivity index (χ4n) is 4.10. The first-order valence-corrected chi connectivity index (χ1v) is 11.6. The number of benzene rings is 2. The van der Waals surface area contributed by atoms with E-state index < -0.39 is 45.2 Å². The van der Waals surface area contributed by atoms with Crippen LogP contribution in [0.25, 0.3) is 0 Å². The lowest BCUT2D eigenvalue weighted by Crippen LogP contribution is -2.47. The molecule has 1 unspecified atom stereocenters. The first-order chi connectivity index (χ1) is 15.2. The van der Waals surface area contributed by atoms with Crippen LogP contribution in [0.4, 0.5) is 30.7 Å². The molecule has 1 aliphatic carbocycles. The molecule has 0 aromatic heterocycles. The minimum absolute atomic E-state index is 0.0822. The highest BCUT2D eigenvalue weighted by Crippen LogP contribution is 2.47. The van der Waals surface area contributed by atoms with Crippen molar-refractivity contribution in [2.45, 2.75) is 67.2 Å². The topological polar surface area (TPSA) is 46.2 Å². The van der Waals surface area contributed by atoms with Crippen LogP contribution in [0.2, 0.25) is 0 Å². The van der Waals surface area contributed by atoms with Crippen molar-refractivity contribution >= 4 is 10.0 Å². The number of alkyl halides is 6. The molecule has 1 fully saturated rings. The van der Waals surface area contributed by atoms with E-state index in [2.05, 4.69) is 4.72 Å². The van der Waals surface area contributed by atoms with Crippen molar-refractivity contribution in [3.8, 4) is 0 Å². The Bertz CT molecular complexity index is 1060. The fourth-order valence-corrected chi connectivity index (χ4v) is 5.56. The molecule has 1 saturated carbocycles. The zero-order valence-electron chi connectivity index (χ0n) is 17.5. The normalized spacial score (nSPS) is 24.0. The second-order valence-electron chi connectivity index (χ2n) is 8.53. The van der Waals surface area contributed by atoms with Gasteiger partial charge >= 0.3 is 6.18 Å². The van der Waals surface area contributed by atoms with Crippen molar-refractivity contribution < 1.29 is 39.2 Å². The molecule has 1 N–H and O–H groups in total. The average Bonchev–Trinajstić information content (AvgIpc) is 2.72. The second-order valence-corrected chi connectivity index (χ2v) is 10.2. The quantitative estimate of drug-likeness (QED) is 0.482. The van der Waals surface area contributed by atoms with Crippen molar-refractivity contribution in [3.63, 3.8) is 0 Å². The third-order valence-electron chi connectivity index (χ3n) is 6.11. The van der Waals surface area contributed by atoms with E-state index in [9.17, 15) is 39.2 Å². The van der Waals surface area contributed by atoms with Gasteiger partial charge in [-0.2, -0.15) is 13.2 Å². The van der Waals surface area contributed by atoms with Gasteiger partial charge in [0.05, 0.1) is 4.90 Å². The summed E-state index contributed by atoms with van der Waals surface area (Å²) < 4.78 is 120. The van der Waals surface area contributed by atoms with Crippen molar-refractivity contribution in [3.05, 3.63) is 65.5 Å². The Labute approximate surface area is 187 Å². The van der Waals surface area contributed by atoms with Crippen LogP contribution in [0.1, 0.15) is 49.7 Å². The molecule has 33 heavy (non-hydrogen) atoms. The molecule has 0 amide bonds. The average molecular weight is 497 g/mol. The maximum absolute atomic E-state index is 14.2. The Morgan fingerprint density at radius 1 is 0.939 bits per heavy atom. The van der Waals surface area contributed by atoms with Gasteiger partial charge in [0.1, 0.15) is 5.82 Å². The minimum Gasteiger partial charge on any atom is -0.222 e. The minimum atomic E-state index is -5.77. The van der Waals surface area contributed by atoms with Crippen LogP contribution in [-0.4, -0.2) is 26.6 Å². The predicted octanol–water partition coefficient (Wildman–Crippen LogP) is 6.21. The van der Waals surface area contributed by atoms with E-state index >= 15 is 0 Å². The zero-order valence-corrected chi connectivity index (χ0v) is 18.3. The van der Waals surface area contributed by atoms with Crippen LogP contribution in [0.3, 0.4) is 0 Å². The smallest absolute Gasteiger partial charge is 0.222 e. The van der Waals surface area contributed by atoms with Gasteiger partial charge in [0.2, 0.25) is 10.0 Å². The van der Waals surface area contributed by atoms with Gasteiger partial charge in [0.25, 0.3) is 12.1 Å². The molecule has 0 saturated heterocycles. The first kappa shape index (κ1) is 25.5. The molecule has 0 bridgehead atoms. The summed E-state index contributed by atoms with van der Waals surface area (Å²) >= 11 is 0. The highest BCUT2D eigenvalue weighted by molar-refractivity contribution is 7.89. The molecular formula is C22H22F7NO2S. The van der Waals surface area contributed by atoms with Gasteiger partial charge in [-0.15, -0.1) is 0 Å². The Morgan fingerprint density at radius 2 is 1.45 bits per heavy atom. The van der Waals surface area contributed by atoms with E-state index in [-0.39, 0.29) is 10.8 Å². The molecular weight excluding hydrogens is 475 g/mol. The zero-order chi connectivity index (χ0) is 24.7. The fraction of sp³-hybridized carbons (Fsp3) is 0.455. The Morgan fingerprint density at radius 3 is 1.91 bits per heavy atom. The summed E-state index contributed by atoms with van der Waals surface area (Å²) in [4.78, 5) is -0.0822. The van der Waals surface area contributed by atoms with Gasteiger partial charge in [0.15, 0.2) is 0 Å². The third-order valence-corrected chi connectivity index (χ3v) is 7.76. The van der Waals surface area contributed by atoms with E-state index in [4.69, 9.17) is 0 Å². The van der Waals surface area contributed by atoms with Crippen LogP contribution < -0.4 is 4.72 Å². The van der Waals surface area contributed by atoms with Crippen molar-refractivity contribution in [1.82, 2.24) is 4.72 Å². The Balaban J connectivity index is 1.70. The molecule has 3 nitrogen and oxygen atoms in total. The molecule has 1 aliphatic rings. The highest BCUT2D eigenvalue weighted by atomic mass is 32.2. The van der Waals surface area contributed by atoms with Crippen LogP contribution in [0.5, 0.6) is 0 Å². The van der Waals surface area contributed by atoms with E-state index in [0.717, 1.165) is 36.4 Å². The monoisotopic (exact) mass is 497 g/mol. The highest BCUT2D eigenvalue weighted by Gasteiger charge is 2.63. The SMILES string of the molecule is CC1(NS(=O)(=O)c2ccc(F)cc2)CCC(c2ccc(C(F)(C(F)F)C(F)(F)F)cc2)CC1. The summed E-state index contributed by atoms with van der Waals surface area (Å²) in [5.74, 6) is -0.727. The summed E-state index contributed by atoms with van der Waals surface area (Å²) in [6.07, 6.45) is -8.31. The molecule has 0 aliphatic heterocycles. The molecule has 3 rings (SSSR count). The maximum Gasteiger partial charge on any atom is 0.432 e. The Kier molecular flexibility index (Phi) is 6.87. The molecule has 11 heteroatoms. The Hall–Kier alpha value is -2.14. The van der Waals surface area contributed by atoms with Crippen molar-refractivity contribution in [2.75, 3.05) is 0 Å². The molecule has 0 heterocycles. The van der Waals surface area contributed by atoms with Gasteiger partial charge < -0.3 is 0 Å². The first-order valence-electron chi connectivity index (χ1n) is 10.1. The van der Waals surface area contributed by atoms with Crippen LogP contribution in [0, 0.1) is 5.82 Å². The summed E-state index contributed by atoms with van der Waals surface area (Å²) in [5, 5.41) is 0. The van der Waals surface area contributed by atoms with E-state index in [0.29, 0.717) is 31.2 Å². The number of rotatable bonds is 6. The summed E-state index contributed by atoms with van der Waals surface area (Å²) in [6, 6.07) is 8.23. The van der Waals surface area contributed by atoms with Crippen LogP contribution >= 0.6 is 0 Å². The van der Waals surface area contributed by atoms with Gasteiger partial charge in [-0.05, 0) is 68.4 Å². The number of nitrogens with one attached hydrogen (secondary N) is 1. The number of halogens is 7. The molecule has 0 spiro atoms. The van der Waals surface area contributed by atoms with Gasteiger partial charge in [-0.3, -0.25) is 0 Å². The largest absolute Gasteiger partial charge is 0.432 e. The van der Waals surface area contributed by atoms with Gasteiger partial charge in [0, 0.05) is 11.1 Å². The predicted molar refractivity (Wildman–Crippen MR) is 108 cm³/mol. The lowest BCUT2D eigenvalue weighted by molar-refractivity contribution is -0.274. The molecule has 182 valence electrons. The molecule has 2 aromatic carbocycles. The number of hydrogen-bond acceptors (Lipinski definition) is 2. The van der Waals surface area contributed by atoms with Crippen LogP contribution in [-0.2, 0) is 15.7 Å². The van der Waals surface area contributed by atoms with E-state index in [1.165, 1.54) is 12.1 Å². The molecule has 2 aromatic rings. The third kappa shape index (κ3) is 5.18. The summed E-state index contributed by atoms with van der Waals surface area (Å²) in [7, 11) is -3.90. The van der Waals surface area contributed by atoms with Gasteiger partial charge in [-0.25, -0.2) is 30.7 Å². The lowest BCUT2D eigenvalue weighted by atomic mass is 9.75. The van der Waals surface area contributed by atoms with Gasteiger partial charge in [-0.1, -0.05) is 24.3 Å². The van der Waals surface area contributed by atoms with E-state index in [1.54, 1.807) is 6.92 Å². The molecule has 0 radical (unpaired) electrons. The molecule has 1 atom stereocenters. The summed E-state index contributed by atoms with van der Waals surface area (Å²) in [5.41, 5.74) is -6.17. The lowest BCUT2D eigenvalue weighted by Gasteiger charge is -2.38. The summed E-state index contributed by atoms with van der Waals surface area (Å²) in [6.45, 7) is 1.72. The van der Waals surface area contributed by atoms with E-state index in [1.807, 2.05) is 0 Å². The number of hydrogen-bond donors (Lipinski definition) is 1.